The van der Waals surface area contributed by atoms with Crippen LogP contribution in [0.3, 0.4) is 0 Å². The minimum Gasteiger partial charge on any atom is -0.325 e. The number of benzene rings is 1. The second kappa shape index (κ2) is 4.94. The fourth-order valence-electron chi connectivity index (χ4n) is 1.70. The highest BCUT2D eigenvalue weighted by atomic mass is 32.2. The molecule has 15 heavy (non-hydrogen) atoms. The highest BCUT2D eigenvalue weighted by molar-refractivity contribution is 8.00. The number of hydrogen-bond acceptors (Lipinski definition) is 3. The molecule has 1 aromatic carbocycles. The Bertz CT molecular complexity index is 342. The molecule has 0 bridgehead atoms. The number of nitrogens with zero attached hydrogens (tertiary/aromatic N) is 1. The third-order valence-corrected chi connectivity index (χ3v) is 3.85. The van der Waals surface area contributed by atoms with Crippen LogP contribution in [0.15, 0.2) is 30.3 Å². The van der Waals surface area contributed by atoms with E-state index < -0.39 is 0 Å². The van der Waals surface area contributed by atoms with Crippen molar-refractivity contribution in [1.82, 2.24) is 4.90 Å². The van der Waals surface area contributed by atoms with Crippen molar-refractivity contribution >= 4 is 30.3 Å². The Labute approximate surface area is 99.4 Å². The van der Waals surface area contributed by atoms with Crippen molar-refractivity contribution in [3.05, 3.63) is 35.9 Å². The van der Waals surface area contributed by atoms with Gasteiger partial charge in [0.2, 0.25) is 5.91 Å². The summed E-state index contributed by atoms with van der Waals surface area (Å²) in [5, 5.41) is 0.186. The van der Waals surface area contributed by atoms with Crippen molar-refractivity contribution in [1.29, 1.82) is 0 Å². The van der Waals surface area contributed by atoms with E-state index >= 15 is 0 Å². The highest BCUT2D eigenvalue weighted by Crippen LogP contribution is 2.38. The quantitative estimate of drug-likeness (QED) is 0.816. The maximum absolute atomic E-state index is 11.6. The van der Waals surface area contributed by atoms with E-state index in [1.54, 1.807) is 11.8 Å². The molecule has 0 aliphatic carbocycles. The first kappa shape index (κ1) is 10.9. The molecule has 1 fully saturated rings. The van der Waals surface area contributed by atoms with Gasteiger partial charge in [0, 0.05) is 12.3 Å². The van der Waals surface area contributed by atoms with Crippen molar-refractivity contribution in [2.24, 2.45) is 0 Å². The zero-order valence-corrected chi connectivity index (χ0v) is 10.0. The number of thioether (sulfide) groups is 1. The molecule has 2 rings (SSSR count). The second-order valence-electron chi connectivity index (χ2n) is 3.38. The molecular weight excluding hydrogens is 226 g/mol. The fourth-order valence-corrected chi connectivity index (χ4v) is 3.13. The zero-order chi connectivity index (χ0) is 10.7. The molecule has 1 atom stereocenters. The monoisotopic (exact) mass is 239 g/mol. The molecule has 1 aliphatic rings. The lowest BCUT2D eigenvalue weighted by atomic mass is 10.2. The van der Waals surface area contributed by atoms with Crippen molar-refractivity contribution in [2.45, 2.75) is 5.37 Å². The van der Waals surface area contributed by atoms with Gasteiger partial charge in [-0.3, -0.25) is 4.79 Å². The van der Waals surface area contributed by atoms with Gasteiger partial charge in [0.15, 0.2) is 0 Å². The maximum Gasteiger partial charge on any atom is 0.233 e. The van der Waals surface area contributed by atoms with Crippen LogP contribution in [-0.2, 0) is 4.79 Å². The third-order valence-electron chi connectivity index (χ3n) is 2.39. The van der Waals surface area contributed by atoms with E-state index in [1.165, 1.54) is 5.56 Å². The van der Waals surface area contributed by atoms with Crippen LogP contribution in [0.2, 0.25) is 0 Å². The SMILES string of the molecule is O=C1CSC(c2ccccc2)N1CCS. The molecule has 4 heteroatoms. The summed E-state index contributed by atoms with van der Waals surface area (Å²) in [6, 6.07) is 10.2. The predicted molar refractivity (Wildman–Crippen MR) is 67.2 cm³/mol. The van der Waals surface area contributed by atoms with Gasteiger partial charge >= 0.3 is 0 Å². The minimum absolute atomic E-state index is 0.186. The first-order valence-corrected chi connectivity index (χ1v) is 6.58. The van der Waals surface area contributed by atoms with E-state index in [2.05, 4.69) is 24.8 Å². The van der Waals surface area contributed by atoms with Crippen LogP contribution >= 0.6 is 24.4 Å². The molecule has 2 nitrogen and oxygen atoms in total. The summed E-state index contributed by atoms with van der Waals surface area (Å²) >= 11 is 5.88. The van der Waals surface area contributed by atoms with Gasteiger partial charge in [0.25, 0.3) is 0 Å². The summed E-state index contributed by atoms with van der Waals surface area (Å²) in [7, 11) is 0. The molecule has 1 unspecified atom stereocenters. The van der Waals surface area contributed by atoms with Gasteiger partial charge in [-0.05, 0) is 5.56 Å². The average molecular weight is 239 g/mol. The summed E-state index contributed by atoms with van der Waals surface area (Å²) in [5.41, 5.74) is 1.20. The number of rotatable bonds is 3. The molecule has 1 aliphatic heterocycles. The predicted octanol–water partition coefficient (Wildman–Crippen LogP) is 2.19. The number of amides is 1. The van der Waals surface area contributed by atoms with Gasteiger partial charge in [-0.2, -0.15) is 12.6 Å². The molecule has 0 aromatic heterocycles. The molecular formula is C11H13NOS2. The summed E-state index contributed by atoms with van der Waals surface area (Å²) in [6.45, 7) is 0.731. The van der Waals surface area contributed by atoms with Gasteiger partial charge in [0.05, 0.1) is 5.75 Å². The molecule has 1 saturated heterocycles. The molecule has 1 heterocycles. The average Bonchev–Trinajstić information content (AvgIpc) is 2.63. The van der Waals surface area contributed by atoms with Crippen molar-refractivity contribution in [3.63, 3.8) is 0 Å². The van der Waals surface area contributed by atoms with Gasteiger partial charge in [-0.1, -0.05) is 30.3 Å². The Balaban J connectivity index is 2.18. The largest absolute Gasteiger partial charge is 0.325 e. The normalized spacial score (nSPS) is 21.0. The van der Waals surface area contributed by atoms with Crippen LogP contribution < -0.4 is 0 Å². The smallest absolute Gasteiger partial charge is 0.233 e. The minimum atomic E-state index is 0.186. The lowest BCUT2D eigenvalue weighted by Gasteiger charge is -2.23. The van der Waals surface area contributed by atoms with E-state index in [1.807, 2.05) is 23.1 Å². The van der Waals surface area contributed by atoms with Crippen molar-refractivity contribution in [3.8, 4) is 0 Å². The Kier molecular flexibility index (Phi) is 3.59. The Morgan fingerprint density at radius 1 is 1.40 bits per heavy atom. The molecule has 1 aromatic rings. The van der Waals surface area contributed by atoms with E-state index in [0.717, 1.165) is 12.3 Å². The van der Waals surface area contributed by atoms with E-state index in [-0.39, 0.29) is 11.3 Å². The lowest BCUT2D eigenvalue weighted by molar-refractivity contribution is -0.127. The molecule has 0 saturated carbocycles. The topological polar surface area (TPSA) is 20.3 Å². The molecule has 0 N–H and O–H groups in total. The molecule has 0 spiro atoms. The third kappa shape index (κ3) is 2.32. The summed E-state index contributed by atoms with van der Waals surface area (Å²) in [6.07, 6.45) is 0. The molecule has 0 radical (unpaired) electrons. The second-order valence-corrected chi connectivity index (χ2v) is 4.90. The summed E-state index contributed by atoms with van der Waals surface area (Å²) in [4.78, 5) is 13.5. The standard InChI is InChI=1S/C11H13NOS2/c13-10-8-15-11(12(10)6-7-14)9-4-2-1-3-5-9/h1-5,11,14H,6-8H2. The first-order valence-electron chi connectivity index (χ1n) is 4.90. The Morgan fingerprint density at radius 3 is 2.80 bits per heavy atom. The molecule has 1 amide bonds. The van der Waals surface area contributed by atoms with E-state index in [9.17, 15) is 4.79 Å². The lowest BCUT2D eigenvalue weighted by Crippen LogP contribution is -2.29. The Hall–Kier alpha value is -0.610. The summed E-state index contributed by atoms with van der Waals surface area (Å²) < 4.78 is 0. The van der Waals surface area contributed by atoms with E-state index in [4.69, 9.17) is 0 Å². The maximum atomic E-state index is 11.6. The van der Waals surface area contributed by atoms with Crippen LogP contribution in [0.1, 0.15) is 10.9 Å². The van der Waals surface area contributed by atoms with Crippen LogP contribution in [0.4, 0.5) is 0 Å². The highest BCUT2D eigenvalue weighted by Gasteiger charge is 2.31. The number of carbonyl (C=O) groups excluding carboxylic acids is 1. The van der Waals surface area contributed by atoms with Gasteiger partial charge in [-0.15, -0.1) is 11.8 Å². The van der Waals surface area contributed by atoms with Gasteiger partial charge in [-0.25, -0.2) is 0 Å². The van der Waals surface area contributed by atoms with Crippen molar-refractivity contribution in [2.75, 3.05) is 18.1 Å². The van der Waals surface area contributed by atoms with Crippen LogP contribution in [-0.4, -0.2) is 28.9 Å². The molecule has 80 valence electrons. The first-order chi connectivity index (χ1) is 7.33. The number of carbonyl (C=O) groups is 1. The van der Waals surface area contributed by atoms with E-state index in [0.29, 0.717) is 5.75 Å². The van der Waals surface area contributed by atoms with Crippen LogP contribution in [0.25, 0.3) is 0 Å². The Morgan fingerprint density at radius 2 is 2.13 bits per heavy atom. The summed E-state index contributed by atoms with van der Waals surface area (Å²) in [5.74, 6) is 1.53. The van der Waals surface area contributed by atoms with Crippen LogP contribution in [0.5, 0.6) is 0 Å². The zero-order valence-electron chi connectivity index (χ0n) is 8.30. The number of thiol groups is 1. The van der Waals surface area contributed by atoms with Gasteiger partial charge in [0.1, 0.15) is 5.37 Å². The number of hydrogen-bond donors (Lipinski definition) is 1. The van der Waals surface area contributed by atoms with Crippen molar-refractivity contribution < 1.29 is 4.79 Å². The van der Waals surface area contributed by atoms with Gasteiger partial charge < -0.3 is 4.90 Å². The fraction of sp³-hybridized carbons (Fsp3) is 0.364. The van der Waals surface area contributed by atoms with Crippen LogP contribution in [0, 0.1) is 0 Å².